The van der Waals surface area contributed by atoms with Gasteiger partial charge in [-0.1, -0.05) is 17.3 Å². The highest BCUT2D eigenvalue weighted by atomic mass is 16.5. The molecule has 146 valence electrons. The summed E-state index contributed by atoms with van der Waals surface area (Å²) in [7, 11) is 1.92. The molecule has 3 aromatic rings. The minimum atomic E-state index is -0.0679. The second kappa shape index (κ2) is 8.35. The van der Waals surface area contributed by atoms with Crippen molar-refractivity contribution in [2.75, 3.05) is 13.2 Å². The van der Waals surface area contributed by atoms with Crippen LogP contribution in [0.3, 0.4) is 0 Å². The van der Waals surface area contributed by atoms with Crippen LogP contribution in [0.1, 0.15) is 40.6 Å². The highest BCUT2D eigenvalue weighted by Gasteiger charge is 2.29. The maximum Gasteiger partial charge on any atom is 0.251 e. The molecule has 0 spiro atoms. The Balaban J connectivity index is 1.36. The summed E-state index contributed by atoms with van der Waals surface area (Å²) < 4.78 is 9.59. The summed E-state index contributed by atoms with van der Waals surface area (Å²) in [5.41, 5.74) is 2.77. The molecule has 1 aliphatic heterocycles. The van der Waals surface area contributed by atoms with Crippen molar-refractivity contribution in [3.8, 4) is 0 Å². The minimum absolute atomic E-state index is 0.0355. The first-order valence-corrected chi connectivity index (χ1v) is 9.51. The lowest BCUT2D eigenvalue weighted by molar-refractivity contribution is -0.0317. The Bertz CT molecular complexity index is 903. The van der Waals surface area contributed by atoms with E-state index in [1.165, 1.54) is 0 Å². The summed E-state index contributed by atoms with van der Waals surface area (Å²) in [6.07, 6.45) is 7.23. The number of amides is 1. The molecule has 8 heteroatoms. The van der Waals surface area contributed by atoms with Crippen molar-refractivity contribution in [2.24, 2.45) is 13.0 Å². The van der Waals surface area contributed by atoms with Crippen LogP contribution in [0.5, 0.6) is 0 Å². The lowest BCUT2D eigenvalue weighted by atomic mass is 9.92. The standard InChI is InChI=1S/C20H24N6O2/c1-25-18(8-9-23-25)19-17(3-2-12-28-19)13-21-20(27)16-6-4-15(5-7-16)14-26-11-10-22-24-26/h4-11,17,19H,2-3,12-14H2,1H3,(H,21,27)/t17-,19+/m0/s1. The molecule has 0 radical (unpaired) electrons. The van der Waals surface area contributed by atoms with Crippen molar-refractivity contribution in [1.82, 2.24) is 30.1 Å². The van der Waals surface area contributed by atoms with Gasteiger partial charge in [0.1, 0.15) is 6.10 Å². The van der Waals surface area contributed by atoms with Crippen LogP contribution < -0.4 is 5.32 Å². The molecule has 2 aromatic heterocycles. The van der Waals surface area contributed by atoms with E-state index in [4.69, 9.17) is 4.74 Å². The Morgan fingerprint density at radius 3 is 2.82 bits per heavy atom. The molecule has 1 saturated heterocycles. The number of hydrogen-bond acceptors (Lipinski definition) is 5. The molecule has 0 bridgehead atoms. The van der Waals surface area contributed by atoms with E-state index in [0.717, 1.165) is 30.7 Å². The van der Waals surface area contributed by atoms with Crippen molar-refractivity contribution in [2.45, 2.75) is 25.5 Å². The number of aryl methyl sites for hydroxylation is 1. The lowest BCUT2D eigenvalue weighted by Crippen LogP contribution is -2.35. The predicted molar refractivity (Wildman–Crippen MR) is 103 cm³/mol. The molecule has 3 heterocycles. The van der Waals surface area contributed by atoms with Gasteiger partial charge < -0.3 is 10.1 Å². The van der Waals surface area contributed by atoms with Crippen LogP contribution in [0.4, 0.5) is 0 Å². The molecule has 0 saturated carbocycles. The Labute approximate surface area is 163 Å². The van der Waals surface area contributed by atoms with Gasteiger partial charge in [0.15, 0.2) is 0 Å². The number of aromatic nitrogens is 5. The van der Waals surface area contributed by atoms with E-state index in [1.54, 1.807) is 17.1 Å². The minimum Gasteiger partial charge on any atom is -0.372 e. The largest absolute Gasteiger partial charge is 0.372 e. The third kappa shape index (κ3) is 4.12. The maximum absolute atomic E-state index is 12.6. The second-order valence-corrected chi connectivity index (χ2v) is 7.08. The highest BCUT2D eigenvalue weighted by Crippen LogP contribution is 2.32. The molecule has 28 heavy (non-hydrogen) atoms. The fourth-order valence-corrected chi connectivity index (χ4v) is 3.63. The van der Waals surface area contributed by atoms with Gasteiger partial charge in [-0.2, -0.15) is 5.10 Å². The van der Waals surface area contributed by atoms with Crippen molar-refractivity contribution in [3.05, 3.63) is 65.7 Å². The zero-order chi connectivity index (χ0) is 19.3. The predicted octanol–water partition coefficient (Wildman–Crippen LogP) is 1.96. The normalized spacial score (nSPS) is 19.5. The number of carbonyl (C=O) groups is 1. The SMILES string of the molecule is Cn1nccc1[C@@H]1OCCC[C@H]1CNC(=O)c1ccc(Cn2ccnn2)cc1. The summed E-state index contributed by atoms with van der Waals surface area (Å²) in [5.74, 6) is 0.168. The molecule has 1 aliphatic rings. The molecule has 0 unspecified atom stereocenters. The van der Waals surface area contributed by atoms with E-state index in [0.29, 0.717) is 18.7 Å². The number of nitrogens with zero attached hydrogens (tertiary/aromatic N) is 5. The third-order valence-electron chi connectivity index (χ3n) is 5.15. The van der Waals surface area contributed by atoms with E-state index >= 15 is 0 Å². The molecule has 2 atom stereocenters. The number of benzene rings is 1. The molecular weight excluding hydrogens is 356 g/mol. The van der Waals surface area contributed by atoms with E-state index in [-0.39, 0.29) is 17.9 Å². The fourth-order valence-electron chi connectivity index (χ4n) is 3.63. The Hall–Kier alpha value is -3.00. The monoisotopic (exact) mass is 380 g/mol. The van der Waals surface area contributed by atoms with Gasteiger partial charge in [0.25, 0.3) is 5.91 Å². The average molecular weight is 380 g/mol. The molecule has 4 rings (SSSR count). The van der Waals surface area contributed by atoms with Gasteiger partial charge in [-0.25, -0.2) is 4.68 Å². The lowest BCUT2D eigenvalue weighted by Gasteiger charge is -2.32. The number of hydrogen-bond donors (Lipinski definition) is 1. The van der Waals surface area contributed by atoms with Crippen LogP contribution in [0.2, 0.25) is 0 Å². The molecule has 1 amide bonds. The van der Waals surface area contributed by atoms with Gasteiger partial charge in [-0.15, -0.1) is 5.10 Å². The molecular formula is C20H24N6O2. The molecule has 8 nitrogen and oxygen atoms in total. The number of rotatable bonds is 6. The maximum atomic E-state index is 12.6. The zero-order valence-electron chi connectivity index (χ0n) is 15.9. The van der Waals surface area contributed by atoms with Gasteiger partial charge >= 0.3 is 0 Å². The first-order valence-electron chi connectivity index (χ1n) is 9.51. The van der Waals surface area contributed by atoms with Gasteiger partial charge in [0.05, 0.1) is 18.4 Å². The van der Waals surface area contributed by atoms with Crippen LogP contribution in [-0.2, 0) is 18.3 Å². The van der Waals surface area contributed by atoms with Crippen LogP contribution in [0, 0.1) is 5.92 Å². The van der Waals surface area contributed by atoms with Crippen molar-refractivity contribution in [1.29, 1.82) is 0 Å². The number of nitrogens with one attached hydrogen (secondary N) is 1. The highest BCUT2D eigenvalue weighted by molar-refractivity contribution is 5.94. The average Bonchev–Trinajstić information content (AvgIpc) is 3.38. The van der Waals surface area contributed by atoms with E-state index in [9.17, 15) is 4.79 Å². The first-order chi connectivity index (χ1) is 13.7. The van der Waals surface area contributed by atoms with Crippen molar-refractivity contribution < 1.29 is 9.53 Å². The summed E-state index contributed by atoms with van der Waals surface area (Å²) in [4.78, 5) is 12.6. The van der Waals surface area contributed by atoms with Crippen molar-refractivity contribution >= 4 is 5.91 Å². The van der Waals surface area contributed by atoms with Crippen LogP contribution in [0.25, 0.3) is 0 Å². The van der Waals surface area contributed by atoms with Gasteiger partial charge in [-0.3, -0.25) is 9.48 Å². The zero-order valence-corrected chi connectivity index (χ0v) is 15.9. The van der Waals surface area contributed by atoms with Crippen LogP contribution in [-0.4, -0.2) is 43.8 Å². The van der Waals surface area contributed by atoms with E-state index in [1.807, 2.05) is 48.3 Å². The van der Waals surface area contributed by atoms with E-state index < -0.39 is 0 Å². The summed E-state index contributed by atoms with van der Waals surface area (Å²) in [6, 6.07) is 9.56. The summed E-state index contributed by atoms with van der Waals surface area (Å²) in [5, 5.41) is 15.1. The Kier molecular flexibility index (Phi) is 5.48. The third-order valence-corrected chi connectivity index (χ3v) is 5.15. The van der Waals surface area contributed by atoms with Gasteiger partial charge in [0.2, 0.25) is 0 Å². The van der Waals surface area contributed by atoms with Crippen LogP contribution >= 0.6 is 0 Å². The molecule has 1 fully saturated rings. The van der Waals surface area contributed by atoms with Gasteiger partial charge in [-0.05, 0) is 36.6 Å². The molecule has 1 N–H and O–H groups in total. The Morgan fingerprint density at radius 2 is 2.11 bits per heavy atom. The fraction of sp³-hybridized carbons (Fsp3) is 0.400. The smallest absolute Gasteiger partial charge is 0.251 e. The Morgan fingerprint density at radius 1 is 1.25 bits per heavy atom. The summed E-state index contributed by atoms with van der Waals surface area (Å²) >= 11 is 0. The van der Waals surface area contributed by atoms with Gasteiger partial charge in [0, 0.05) is 44.1 Å². The molecule has 0 aliphatic carbocycles. The van der Waals surface area contributed by atoms with Crippen molar-refractivity contribution in [3.63, 3.8) is 0 Å². The summed E-state index contributed by atoms with van der Waals surface area (Å²) in [6.45, 7) is 1.95. The molecule has 1 aromatic carbocycles. The van der Waals surface area contributed by atoms with Crippen LogP contribution in [0.15, 0.2) is 48.9 Å². The second-order valence-electron chi connectivity index (χ2n) is 7.08. The number of ether oxygens (including phenoxy) is 1. The first kappa shape index (κ1) is 18.4. The van der Waals surface area contributed by atoms with E-state index in [2.05, 4.69) is 20.7 Å². The number of carbonyl (C=O) groups excluding carboxylic acids is 1. The topological polar surface area (TPSA) is 86.9 Å². The quantitative estimate of drug-likeness (QED) is 0.706.